The summed E-state index contributed by atoms with van der Waals surface area (Å²) in [5, 5.41) is 5.03. The summed E-state index contributed by atoms with van der Waals surface area (Å²) in [5.41, 5.74) is 3.95. The van der Waals surface area contributed by atoms with Crippen LogP contribution in [0.1, 0.15) is 24.5 Å². The largest absolute Gasteiger partial charge is 0.341 e. The van der Waals surface area contributed by atoms with Gasteiger partial charge in [-0.2, -0.15) is 5.10 Å². The van der Waals surface area contributed by atoms with Crippen LogP contribution in [0.4, 0.5) is 0 Å². The number of hydrogen-bond acceptors (Lipinski definition) is 6. The molecule has 5 heterocycles. The lowest BCUT2D eigenvalue weighted by Gasteiger charge is -2.31. The highest BCUT2D eigenvalue weighted by atomic mass is 16.2. The molecule has 8 heteroatoms. The first kappa shape index (κ1) is 18.4. The van der Waals surface area contributed by atoms with Crippen LogP contribution in [0, 0.1) is 0 Å². The molecular weight excluding hydrogens is 378 g/mol. The minimum absolute atomic E-state index is 0.0794. The van der Waals surface area contributed by atoms with Gasteiger partial charge in [0.05, 0.1) is 0 Å². The Hall–Kier alpha value is -3.68. The molecule has 0 atom stereocenters. The van der Waals surface area contributed by atoms with Gasteiger partial charge in [0.1, 0.15) is 19.2 Å². The Bertz CT molecular complexity index is 1150. The van der Waals surface area contributed by atoms with Crippen LogP contribution in [0.15, 0.2) is 61.6 Å². The molecular formula is C22H21N7O. The quantitative estimate of drug-likeness (QED) is 0.524. The predicted molar refractivity (Wildman–Crippen MR) is 111 cm³/mol. The average Bonchev–Trinajstić information content (AvgIpc) is 3.32. The highest BCUT2D eigenvalue weighted by Crippen LogP contribution is 2.29. The molecule has 1 fully saturated rings. The van der Waals surface area contributed by atoms with Crippen LogP contribution in [0.25, 0.3) is 22.2 Å². The SMILES string of the molecule is O=C(Cn1cncn1)N1CCC(c2ccc3cc(-c4ccncc4)cnc3n2)CC1. The Morgan fingerprint density at radius 2 is 1.87 bits per heavy atom. The molecule has 0 N–H and O–H groups in total. The molecule has 30 heavy (non-hydrogen) atoms. The molecule has 0 spiro atoms. The highest BCUT2D eigenvalue weighted by molar-refractivity contribution is 5.81. The molecule has 150 valence electrons. The van der Waals surface area contributed by atoms with E-state index in [2.05, 4.69) is 38.2 Å². The van der Waals surface area contributed by atoms with Crippen LogP contribution in [0.3, 0.4) is 0 Å². The smallest absolute Gasteiger partial charge is 0.244 e. The third kappa shape index (κ3) is 3.76. The van der Waals surface area contributed by atoms with Crippen molar-refractivity contribution in [1.82, 2.24) is 34.6 Å². The van der Waals surface area contributed by atoms with Crippen LogP contribution in [-0.4, -0.2) is 53.6 Å². The molecule has 1 aliphatic rings. The molecule has 0 aromatic carbocycles. The Balaban J connectivity index is 1.27. The standard InChI is InChI=1S/C22H21N7O/c30-21(13-29-15-24-14-26-29)28-9-5-17(6-10-28)20-2-1-18-11-19(12-25-22(18)27-20)16-3-7-23-8-4-16/h1-4,7-8,11-12,14-15,17H,5-6,9-10,13H2. The van der Waals surface area contributed by atoms with Gasteiger partial charge in [-0.25, -0.2) is 19.6 Å². The normalized spacial score (nSPS) is 14.9. The van der Waals surface area contributed by atoms with E-state index in [1.54, 1.807) is 23.4 Å². The number of pyridine rings is 3. The number of hydrogen-bond donors (Lipinski definition) is 0. The summed E-state index contributed by atoms with van der Waals surface area (Å²) in [6.45, 7) is 1.70. The summed E-state index contributed by atoms with van der Waals surface area (Å²) in [5.74, 6) is 0.419. The first-order valence-corrected chi connectivity index (χ1v) is 10.0. The number of piperidine rings is 1. The molecule has 1 aliphatic heterocycles. The molecule has 4 aromatic heterocycles. The first-order valence-electron chi connectivity index (χ1n) is 10.0. The lowest BCUT2D eigenvalue weighted by molar-refractivity contribution is -0.133. The Morgan fingerprint density at radius 1 is 1.03 bits per heavy atom. The van der Waals surface area contributed by atoms with Crippen LogP contribution < -0.4 is 0 Å². The summed E-state index contributed by atoms with van der Waals surface area (Å²) in [6, 6.07) is 10.3. The second-order valence-electron chi connectivity index (χ2n) is 7.49. The van der Waals surface area contributed by atoms with Crippen molar-refractivity contribution >= 4 is 16.9 Å². The van der Waals surface area contributed by atoms with E-state index in [0.717, 1.165) is 53.8 Å². The summed E-state index contributed by atoms with van der Waals surface area (Å²) >= 11 is 0. The lowest BCUT2D eigenvalue weighted by Crippen LogP contribution is -2.40. The van der Waals surface area contributed by atoms with Gasteiger partial charge in [0.25, 0.3) is 0 Å². The molecule has 1 saturated heterocycles. The summed E-state index contributed by atoms with van der Waals surface area (Å²) < 4.78 is 1.56. The Morgan fingerprint density at radius 3 is 2.63 bits per heavy atom. The average molecular weight is 399 g/mol. The van der Waals surface area contributed by atoms with E-state index in [1.165, 1.54) is 6.33 Å². The minimum atomic E-state index is 0.0794. The van der Waals surface area contributed by atoms with Crippen molar-refractivity contribution in [1.29, 1.82) is 0 Å². The number of nitrogens with zero attached hydrogens (tertiary/aromatic N) is 7. The van der Waals surface area contributed by atoms with Crippen LogP contribution in [0.2, 0.25) is 0 Å². The van der Waals surface area contributed by atoms with Gasteiger partial charge in [-0.1, -0.05) is 0 Å². The van der Waals surface area contributed by atoms with E-state index in [4.69, 9.17) is 4.98 Å². The predicted octanol–water partition coefficient (Wildman–Crippen LogP) is 2.69. The zero-order valence-electron chi connectivity index (χ0n) is 16.4. The molecule has 0 saturated carbocycles. The number of carbonyl (C=O) groups is 1. The fourth-order valence-electron chi connectivity index (χ4n) is 3.93. The van der Waals surface area contributed by atoms with Gasteiger partial charge in [-0.15, -0.1) is 0 Å². The van der Waals surface area contributed by atoms with Gasteiger partial charge >= 0.3 is 0 Å². The molecule has 4 aromatic rings. The van der Waals surface area contributed by atoms with E-state index >= 15 is 0 Å². The van der Waals surface area contributed by atoms with E-state index < -0.39 is 0 Å². The van der Waals surface area contributed by atoms with Crippen molar-refractivity contribution in [3.63, 3.8) is 0 Å². The van der Waals surface area contributed by atoms with E-state index in [9.17, 15) is 4.79 Å². The number of aromatic nitrogens is 6. The van der Waals surface area contributed by atoms with Gasteiger partial charge < -0.3 is 4.90 Å². The minimum Gasteiger partial charge on any atom is -0.341 e. The van der Waals surface area contributed by atoms with Crippen molar-refractivity contribution in [2.45, 2.75) is 25.3 Å². The lowest BCUT2D eigenvalue weighted by atomic mass is 9.92. The van der Waals surface area contributed by atoms with Crippen LogP contribution >= 0.6 is 0 Å². The Kier molecular flexibility index (Phi) is 4.88. The summed E-state index contributed by atoms with van der Waals surface area (Å²) in [7, 11) is 0. The van der Waals surface area contributed by atoms with Gasteiger partial charge in [0.2, 0.25) is 5.91 Å². The number of fused-ring (bicyclic) bond motifs is 1. The highest BCUT2D eigenvalue weighted by Gasteiger charge is 2.25. The van der Waals surface area contributed by atoms with E-state index in [1.807, 2.05) is 23.2 Å². The van der Waals surface area contributed by atoms with Gasteiger partial charge in [-0.3, -0.25) is 9.78 Å². The van der Waals surface area contributed by atoms with Crippen molar-refractivity contribution in [2.24, 2.45) is 0 Å². The van der Waals surface area contributed by atoms with Crippen molar-refractivity contribution in [3.8, 4) is 11.1 Å². The monoisotopic (exact) mass is 399 g/mol. The molecule has 0 bridgehead atoms. The molecule has 0 unspecified atom stereocenters. The van der Waals surface area contributed by atoms with Crippen LogP contribution in [-0.2, 0) is 11.3 Å². The summed E-state index contributed by atoms with van der Waals surface area (Å²) in [4.78, 5) is 31.7. The van der Waals surface area contributed by atoms with E-state index in [-0.39, 0.29) is 12.5 Å². The van der Waals surface area contributed by atoms with Crippen molar-refractivity contribution < 1.29 is 4.79 Å². The number of likely N-dealkylation sites (tertiary alicyclic amines) is 1. The second kappa shape index (κ2) is 7.98. The maximum absolute atomic E-state index is 12.4. The maximum Gasteiger partial charge on any atom is 0.244 e. The molecule has 5 rings (SSSR count). The van der Waals surface area contributed by atoms with Gasteiger partial charge in [0, 0.05) is 54.2 Å². The van der Waals surface area contributed by atoms with Crippen molar-refractivity contribution in [3.05, 3.63) is 67.3 Å². The number of rotatable bonds is 4. The first-order chi connectivity index (χ1) is 14.8. The maximum atomic E-state index is 12.4. The van der Waals surface area contributed by atoms with Crippen LogP contribution in [0.5, 0.6) is 0 Å². The number of carbonyl (C=O) groups excluding carboxylic acids is 1. The van der Waals surface area contributed by atoms with Gasteiger partial charge in [-0.05, 0) is 48.7 Å². The molecule has 1 amide bonds. The zero-order valence-corrected chi connectivity index (χ0v) is 16.4. The number of amides is 1. The topological polar surface area (TPSA) is 89.7 Å². The second-order valence-corrected chi connectivity index (χ2v) is 7.49. The Labute approximate surface area is 173 Å². The fourth-order valence-corrected chi connectivity index (χ4v) is 3.93. The zero-order chi connectivity index (χ0) is 20.3. The fraction of sp³-hybridized carbons (Fsp3) is 0.273. The van der Waals surface area contributed by atoms with Gasteiger partial charge in [0.15, 0.2) is 5.65 Å². The van der Waals surface area contributed by atoms with Crippen molar-refractivity contribution in [2.75, 3.05) is 13.1 Å². The summed E-state index contributed by atoms with van der Waals surface area (Å²) in [6.07, 6.45) is 10.2. The molecule has 8 nitrogen and oxygen atoms in total. The molecule has 0 aliphatic carbocycles. The molecule has 0 radical (unpaired) electrons. The van der Waals surface area contributed by atoms with E-state index in [0.29, 0.717) is 5.92 Å². The third-order valence-electron chi connectivity index (χ3n) is 5.61. The third-order valence-corrected chi connectivity index (χ3v) is 5.61.